The molecule has 0 aromatic carbocycles. The molecule has 0 amide bonds. The van der Waals surface area contributed by atoms with Crippen molar-refractivity contribution in [3.8, 4) is 11.5 Å². The lowest BCUT2D eigenvalue weighted by Gasteiger charge is -2.04. The highest BCUT2D eigenvalue weighted by atomic mass is 79.9. The van der Waals surface area contributed by atoms with Gasteiger partial charge in [-0.05, 0) is 35.1 Å². The topological polar surface area (TPSA) is 42.7 Å². The lowest BCUT2D eigenvalue weighted by Crippen LogP contribution is -2.10. The third kappa shape index (κ3) is 2.01. The van der Waals surface area contributed by atoms with Crippen LogP contribution in [0.25, 0.3) is 11.5 Å². The third-order valence-corrected chi connectivity index (χ3v) is 3.04. The molecule has 0 radical (unpaired) electrons. The zero-order valence-electron chi connectivity index (χ0n) is 9.24. The molecule has 5 heteroatoms. The normalized spacial score (nSPS) is 10.7. The van der Waals surface area contributed by atoms with Gasteiger partial charge in [0.05, 0.1) is 5.69 Å². The van der Waals surface area contributed by atoms with E-state index in [4.69, 9.17) is 0 Å². The predicted molar refractivity (Wildman–Crippen MR) is 66.9 cm³/mol. The highest BCUT2D eigenvalue weighted by Crippen LogP contribution is 2.23. The number of imidazole rings is 1. The van der Waals surface area contributed by atoms with E-state index in [1.54, 1.807) is 6.20 Å². The Bertz CT molecular complexity index is 478. The van der Waals surface area contributed by atoms with E-state index in [-0.39, 0.29) is 0 Å². The second-order valence-corrected chi connectivity index (χ2v) is 4.23. The van der Waals surface area contributed by atoms with Gasteiger partial charge in [-0.15, -0.1) is 0 Å². The monoisotopic (exact) mass is 280 g/mol. The van der Waals surface area contributed by atoms with E-state index in [2.05, 4.69) is 31.2 Å². The van der Waals surface area contributed by atoms with Gasteiger partial charge in [-0.3, -0.25) is 4.98 Å². The second kappa shape index (κ2) is 4.76. The maximum atomic E-state index is 4.48. The van der Waals surface area contributed by atoms with Crippen molar-refractivity contribution in [1.29, 1.82) is 0 Å². The molecular formula is C11H13BrN4. The van der Waals surface area contributed by atoms with Crippen molar-refractivity contribution >= 4 is 15.9 Å². The molecule has 0 unspecified atom stereocenters. The summed E-state index contributed by atoms with van der Waals surface area (Å²) in [6.45, 7) is 0.775. The Hall–Kier alpha value is -1.20. The van der Waals surface area contributed by atoms with Crippen molar-refractivity contribution in [3.63, 3.8) is 0 Å². The van der Waals surface area contributed by atoms with Crippen LogP contribution in [0.2, 0.25) is 0 Å². The Balaban J connectivity index is 2.47. The quantitative estimate of drug-likeness (QED) is 0.935. The Kier molecular flexibility index (Phi) is 3.36. The summed E-state index contributed by atoms with van der Waals surface area (Å²) < 4.78 is 2.91. The molecule has 0 saturated carbocycles. The molecule has 0 bridgehead atoms. The van der Waals surface area contributed by atoms with Gasteiger partial charge in [0, 0.05) is 19.8 Å². The molecule has 0 aliphatic carbocycles. The minimum atomic E-state index is 0.775. The smallest absolute Gasteiger partial charge is 0.159 e. The van der Waals surface area contributed by atoms with Gasteiger partial charge < -0.3 is 9.88 Å². The number of rotatable bonds is 3. The number of nitrogens with zero attached hydrogens (tertiary/aromatic N) is 3. The molecule has 1 N–H and O–H groups in total. The van der Waals surface area contributed by atoms with E-state index in [0.29, 0.717) is 0 Å². The van der Waals surface area contributed by atoms with E-state index < -0.39 is 0 Å². The molecule has 2 aromatic rings. The van der Waals surface area contributed by atoms with Crippen LogP contribution in [0.15, 0.2) is 29.0 Å². The van der Waals surface area contributed by atoms with Crippen LogP contribution in [0, 0.1) is 0 Å². The summed E-state index contributed by atoms with van der Waals surface area (Å²) in [5.74, 6) is 0.873. The molecule has 2 aromatic heterocycles. The first-order valence-electron chi connectivity index (χ1n) is 5.01. The maximum absolute atomic E-state index is 4.48. The fraction of sp³-hybridized carbons (Fsp3) is 0.273. The SMILES string of the molecule is CNCc1c(Br)nc(-c2ccccn2)n1C. The van der Waals surface area contributed by atoms with Gasteiger partial charge in [-0.25, -0.2) is 4.98 Å². The van der Waals surface area contributed by atoms with Crippen LogP contribution >= 0.6 is 15.9 Å². The van der Waals surface area contributed by atoms with E-state index in [1.165, 1.54) is 0 Å². The molecule has 0 aliphatic heterocycles. The fourth-order valence-electron chi connectivity index (χ4n) is 1.58. The van der Waals surface area contributed by atoms with Crippen molar-refractivity contribution in [1.82, 2.24) is 19.9 Å². The number of hydrogen-bond donors (Lipinski definition) is 1. The van der Waals surface area contributed by atoms with Gasteiger partial charge in [-0.2, -0.15) is 0 Å². The molecule has 0 saturated heterocycles. The van der Waals surface area contributed by atoms with Gasteiger partial charge in [0.2, 0.25) is 0 Å². The summed E-state index contributed by atoms with van der Waals surface area (Å²) >= 11 is 3.47. The molecule has 2 heterocycles. The van der Waals surface area contributed by atoms with E-state index in [1.807, 2.05) is 36.9 Å². The summed E-state index contributed by atoms with van der Waals surface area (Å²) in [6.07, 6.45) is 1.77. The van der Waals surface area contributed by atoms with Crippen LogP contribution in [0.1, 0.15) is 5.69 Å². The summed E-state index contributed by atoms with van der Waals surface area (Å²) in [5.41, 5.74) is 2.00. The fourth-order valence-corrected chi connectivity index (χ4v) is 2.16. The van der Waals surface area contributed by atoms with Crippen molar-refractivity contribution in [2.75, 3.05) is 7.05 Å². The molecule has 16 heavy (non-hydrogen) atoms. The second-order valence-electron chi connectivity index (χ2n) is 3.48. The summed E-state index contributed by atoms with van der Waals surface area (Å²) in [5, 5.41) is 3.12. The number of nitrogens with one attached hydrogen (secondary N) is 1. The zero-order valence-corrected chi connectivity index (χ0v) is 10.8. The Labute approximate surface area is 103 Å². The third-order valence-electron chi connectivity index (χ3n) is 2.40. The average molecular weight is 281 g/mol. The highest BCUT2D eigenvalue weighted by molar-refractivity contribution is 9.10. The summed E-state index contributed by atoms with van der Waals surface area (Å²) in [6, 6.07) is 5.82. The highest BCUT2D eigenvalue weighted by Gasteiger charge is 2.13. The van der Waals surface area contributed by atoms with Crippen molar-refractivity contribution in [3.05, 3.63) is 34.7 Å². The Morgan fingerprint density at radius 2 is 2.25 bits per heavy atom. The van der Waals surface area contributed by atoms with Crippen LogP contribution in [-0.2, 0) is 13.6 Å². The summed E-state index contributed by atoms with van der Waals surface area (Å²) in [7, 11) is 3.91. The lowest BCUT2D eigenvalue weighted by molar-refractivity contribution is 0.733. The van der Waals surface area contributed by atoms with Crippen LogP contribution in [0.5, 0.6) is 0 Å². The summed E-state index contributed by atoms with van der Waals surface area (Å²) in [4.78, 5) is 8.78. The van der Waals surface area contributed by atoms with Crippen LogP contribution in [0.3, 0.4) is 0 Å². The minimum Gasteiger partial charge on any atom is -0.328 e. The van der Waals surface area contributed by atoms with Crippen LogP contribution in [0.4, 0.5) is 0 Å². The molecular weight excluding hydrogens is 268 g/mol. The van der Waals surface area contributed by atoms with Gasteiger partial charge in [0.25, 0.3) is 0 Å². The largest absolute Gasteiger partial charge is 0.328 e. The number of hydrogen-bond acceptors (Lipinski definition) is 3. The first-order valence-corrected chi connectivity index (χ1v) is 5.80. The van der Waals surface area contributed by atoms with Gasteiger partial charge in [0.15, 0.2) is 5.82 Å². The van der Waals surface area contributed by atoms with Crippen LogP contribution < -0.4 is 5.32 Å². The van der Waals surface area contributed by atoms with E-state index in [9.17, 15) is 0 Å². The molecule has 0 fully saturated rings. The number of halogens is 1. The van der Waals surface area contributed by atoms with Gasteiger partial charge in [0.1, 0.15) is 10.3 Å². The Morgan fingerprint density at radius 3 is 2.88 bits per heavy atom. The zero-order chi connectivity index (χ0) is 11.5. The number of pyridine rings is 1. The molecule has 4 nitrogen and oxygen atoms in total. The molecule has 0 aliphatic rings. The van der Waals surface area contributed by atoms with Crippen molar-refractivity contribution in [2.45, 2.75) is 6.54 Å². The molecule has 0 atom stereocenters. The minimum absolute atomic E-state index is 0.775. The first-order chi connectivity index (χ1) is 7.74. The van der Waals surface area contributed by atoms with Crippen molar-refractivity contribution < 1.29 is 0 Å². The maximum Gasteiger partial charge on any atom is 0.159 e. The first kappa shape index (κ1) is 11.3. The van der Waals surface area contributed by atoms with Crippen molar-refractivity contribution in [2.24, 2.45) is 7.05 Å². The average Bonchev–Trinajstić information content (AvgIpc) is 2.59. The standard InChI is InChI=1S/C11H13BrN4/c1-13-7-9-10(12)15-11(16(9)2)8-5-3-4-6-14-8/h3-6,13H,7H2,1-2H3. The van der Waals surface area contributed by atoms with E-state index >= 15 is 0 Å². The number of aromatic nitrogens is 3. The van der Waals surface area contributed by atoms with E-state index in [0.717, 1.165) is 28.4 Å². The Morgan fingerprint density at radius 1 is 1.44 bits per heavy atom. The predicted octanol–water partition coefficient (Wildman–Crippen LogP) is 1.96. The van der Waals surface area contributed by atoms with Crippen LogP contribution in [-0.4, -0.2) is 21.6 Å². The molecule has 84 valence electrons. The molecule has 0 spiro atoms. The molecule has 2 rings (SSSR count). The van der Waals surface area contributed by atoms with Gasteiger partial charge in [-0.1, -0.05) is 6.07 Å². The lowest BCUT2D eigenvalue weighted by atomic mass is 10.3. The van der Waals surface area contributed by atoms with Gasteiger partial charge >= 0.3 is 0 Å².